The van der Waals surface area contributed by atoms with Crippen LogP contribution in [0.2, 0.25) is 0 Å². The number of fused-ring (bicyclic) bond motifs is 1. The summed E-state index contributed by atoms with van der Waals surface area (Å²) in [7, 11) is -3.29. The molecular formula is C20H24N4O4S. The van der Waals surface area contributed by atoms with Gasteiger partial charge in [0.25, 0.3) is 6.01 Å². The highest BCUT2D eigenvalue weighted by Crippen LogP contribution is 2.26. The first-order valence-electron chi connectivity index (χ1n) is 9.61. The smallest absolute Gasteiger partial charge is 0.300 e. The third-order valence-corrected chi connectivity index (χ3v) is 6.57. The van der Waals surface area contributed by atoms with Gasteiger partial charge >= 0.3 is 0 Å². The van der Waals surface area contributed by atoms with Gasteiger partial charge in [0.2, 0.25) is 0 Å². The highest BCUT2D eigenvalue weighted by atomic mass is 32.2. The second kappa shape index (κ2) is 7.64. The second-order valence-corrected chi connectivity index (χ2v) is 9.52. The van der Waals surface area contributed by atoms with E-state index < -0.39 is 9.84 Å². The van der Waals surface area contributed by atoms with E-state index in [0.29, 0.717) is 11.1 Å². The number of benzene rings is 1. The number of rotatable bonds is 5. The SMILES string of the molecule is CCS(=O)(=O)c1ccc2oc(Nc3ccc(N4C[C@@H](C)O[C@@H](C)C4)nc3)nc2c1. The number of nitrogens with one attached hydrogen (secondary N) is 1. The van der Waals surface area contributed by atoms with Crippen LogP contribution in [0.25, 0.3) is 11.1 Å². The minimum Gasteiger partial charge on any atom is -0.423 e. The molecule has 0 saturated carbocycles. The molecule has 9 heteroatoms. The van der Waals surface area contributed by atoms with Crippen molar-refractivity contribution < 1.29 is 17.6 Å². The van der Waals surface area contributed by atoms with Crippen LogP contribution in [0, 0.1) is 0 Å². The van der Waals surface area contributed by atoms with Gasteiger partial charge < -0.3 is 19.4 Å². The van der Waals surface area contributed by atoms with E-state index in [1.165, 1.54) is 12.1 Å². The number of sulfone groups is 1. The number of pyridine rings is 1. The summed E-state index contributed by atoms with van der Waals surface area (Å²) in [5.74, 6) is 0.935. The lowest BCUT2D eigenvalue weighted by Gasteiger charge is -2.36. The van der Waals surface area contributed by atoms with E-state index in [1.807, 2.05) is 12.1 Å². The molecule has 0 radical (unpaired) electrons. The van der Waals surface area contributed by atoms with Crippen molar-refractivity contribution in [2.24, 2.45) is 0 Å². The summed E-state index contributed by atoms with van der Waals surface area (Å²) in [5, 5.41) is 3.08. The number of morpholine rings is 1. The Balaban J connectivity index is 1.51. The number of oxazole rings is 1. The van der Waals surface area contributed by atoms with Crippen LogP contribution in [0.4, 0.5) is 17.5 Å². The van der Waals surface area contributed by atoms with Gasteiger partial charge in [0.15, 0.2) is 15.4 Å². The van der Waals surface area contributed by atoms with Crippen LogP contribution in [0.1, 0.15) is 20.8 Å². The predicted molar refractivity (Wildman–Crippen MR) is 111 cm³/mol. The molecule has 1 aliphatic rings. The van der Waals surface area contributed by atoms with E-state index >= 15 is 0 Å². The van der Waals surface area contributed by atoms with Gasteiger partial charge in [-0.25, -0.2) is 13.4 Å². The van der Waals surface area contributed by atoms with Gasteiger partial charge in [0.1, 0.15) is 11.3 Å². The van der Waals surface area contributed by atoms with E-state index in [1.54, 1.807) is 19.2 Å². The molecule has 0 spiro atoms. The Labute approximate surface area is 169 Å². The maximum atomic E-state index is 12.1. The van der Waals surface area contributed by atoms with Crippen LogP contribution in [0.5, 0.6) is 0 Å². The third kappa shape index (κ3) is 4.20. The molecule has 0 unspecified atom stereocenters. The first kappa shape index (κ1) is 19.7. The van der Waals surface area contributed by atoms with Gasteiger partial charge in [-0.1, -0.05) is 6.92 Å². The molecule has 1 N–H and O–H groups in total. The van der Waals surface area contributed by atoms with E-state index in [0.717, 1.165) is 24.6 Å². The van der Waals surface area contributed by atoms with E-state index in [9.17, 15) is 8.42 Å². The van der Waals surface area contributed by atoms with Gasteiger partial charge in [-0.3, -0.25) is 0 Å². The Morgan fingerprint density at radius 2 is 1.93 bits per heavy atom. The predicted octanol–water partition coefficient (Wildman–Crippen LogP) is 3.37. The maximum absolute atomic E-state index is 12.1. The Bertz CT molecular complexity index is 1100. The number of ether oxygens (including phenoxy) is 1. The highest BCUT2D eigenvalue weighted by molar-refractivity contribution is 7.91. The molecule has 3 heterocycles. The molecule has 3 aromatic rings. The van der Waals surface area contributed by atoms with Crippen LogP contribution in [-0.4, -0.2) is 49.4 Å². The van der Waals surface area contributed by atoms with Crippen LogP contribution in [0.15, 0.2) is 45.8 Å². The molecule has 0 bridgehead atoms. The number of hydrogen-bond donors (Lipinski definition) is 1. The molecule has 4 rings (SSSR count). The van der Waals surface area contributed by atoms with Gasteiger partial charge in [-0.15, -0.1) is 0 Å². The lowest BCUT2D eigenvalue weighted by Crippen LogP contribution is -2.45. The summed E-state index contributed by atoms with van der Waals surface area (Å²) in [5.41, 5.74) is 1.74. The van der Waals surface area contributed by atoms with Crippen LogP contribution in [0.3, 0.4) is 0 Å². The highest BCUT2D eigenvalue weighted by Gasteiger charge is 2.23. The largest absolute Gasteiger partial charge is 0.423 e. The summed E-state index contributed by atoms with van der Waals surface area (Å²) < 4.78 is 35.5. The molecule has 0 aliphatic carbocycles. The molecule has 2 atom stereocenters. The van der Waals surface area contributed by atoms with Crippen molar-refractivity contribution >= 4 is 38.5 Å². The Kier molecular flexibility index (Phi) is 5.18. The Hall–Kier alpha value is -2.65. The molecule has 1 aromatic carbocycles. The van der Waals surface area contributed by atoms with Crippen molar-refractivity contribution in [1.29, 1.82) is 0 Å². The molecule has 1 aliphatic heterocycles. The minimum atomic E-state index is -3.29. The van der Waals surface area contributed by atoms with Crippen molar-refractivity contribution in [3.63, 3.8) is 0 Å². The standard InChI is InChI=1S/C20H24N4O4S/c1-4-29(25,26)16-6-7-18-17(9-16)23-20(28-18)22-15-5-8-19(21-10-15)24-11-13(2)27-14(3)12-24/h5-10,13-14H,4,11-12H2,1-3H3,(H,22,23)/t13-,14+. The zero-order valence-electron chi connectivity index (χ0n) is 16.6. The number of nitrogens with zero attached hydrogens (tertiary/aromatic N) is 3. The van der Waals surface area contributed by atoms with E-state index in [4.69, 9.17) is 9.15 Å². The van der Waals surface area contributed by atoms with Crippen molar-refractivity contribution in [3.8, 4) is 0 Å². The topological polar surface area (TPSA) is 97.6 Å². The number of anilines is 3. The Morgan fingerprint density at radius 1 is 1.17 bits per heavy atom. The fourth-order valence-electron chi connectivity index (χ4n) is 3.46. The molecule has 29 heavy (non-hydrogen) atoms. The number of hydrogen-bond acceptors (Lipinski definition) is 8. The van der Waals surface area contributed by atoms with E-state index in [-0.39, 0.29) is 28.9 Å². The first-order valence-corrected chi connectivity index (χ1v) is 11.3. The van der Waals surface area contributed by atoms with Gasteiger partial charge in [0.05, 0.1) is 34.7 Å². The molecule has 1 saturated heterocycles. The van der Waals surface area contributed by atoms with Gasteiger partial charge in [0, 0.05) is 13.1 Å². The molecule has 0 amide bonds. The number of aromatic nitrogens is 2. The zero-order valence-corrected chi connectivity index (χ0v) is 17.4. The van der Waals surface area contributed by atoms with Crippen molar-refractivity contribution in [1.82, 2.24) is 9.97 Å². The lowest BCUT2D eigenvalue weighted by molar-refractivity contribution is -0.00545. The first-order chi connectivity index (χ1) is 13.8. The zero-order chi connectivity index (χ0) is 20.6. The summed E-state index contributed by atoms with van der Waals surface area (Å²) in [6, 6.07) is 8.84. The van der Waals surface area contributed by atoms with Crippen molar-refractivity contribution in [2.75, 3.05) is 29.1 Å². The molecular weight excluding hydrogens is 392 g/mol. The summed E-state index contributed by atoms with van der Waals surface area (Å²) in [4.78, 5) is 11.3. The molecule has 8 nitrogen and oxygen atoms in total. The minimum absolute atomic E-state index is 0.0418. The van der Waals surface area contributed by atoms with Gasteiger partial charge in [-0.05, 0) is 44.2 Å². The molecule has 1 fully saturated rings. The quantitative estimate of drug-likeness (QED) is 0.676. The second-order valence-electron chi connectivity index (χ2n) is 7.24. The molecule has 154 valence electrons. The van der Waals surface area contributed by atoms with Crippen LogP contribution < -0.4 is 10.2 Å². The average molecular weight is 417 g/mol. The van der Waals surface area contributed by atoms with Crippen LogP contribution in [-0.2, 0) is 14.6 Å². The maximum Gasteiger partial charge on any atom is 0.300 e. The normalized spacial score (nSPS) is 20.2. The van der Waals surface area contributed by atoms with Gasteiger partial charge in [-0.2, -0.15) is 4.98 Å². The van der Waals surface area contributed by atoms with E-state index in [2.05, 4.69) is 34.0 Å². The third-order valence-electron chi connectivity index (χ3n) is 4.84. The fourth-order valence-corrected chi connectivity index (χ4v) is 4.36. The Morgan fingerprint density at radius 3 is 2.59 bits per heavy atom. The monoisotopic (exact) mass is 416 g/mol. The molecule has 2 aromatic heterocycles. The fraction of sp³-hybridized carbons (Fsp3) is 0.400. The lowest BCUT2D eigenvalue weighted by atomic mass is 10.2. The summed E-state index contributed by atoms with van der Waals surface area (Å²) in [6.45, 7) is 7.34. The average Bonchev–Trinajstić information content (AvgIpc) is 3.09. The van der Waals surface area contributed by atoms with Crippen molar-refractivity contribution in [2.45, 2.75) is 37.9 Å². The summed E-state index contributed by atoms with van der Waals surface area (Å²) >= 11 is 0. The van der Waals surface area contributed by atoms with Crippen LogP contribution >= 0.6 is 0 Å². The summed E-state index contributed by atoms with van der Waals surface area (Å²) in [6.07, 6.45) is 2.06. The van der Waals surface area contributed by atoms with Crippen molar-refractivity contribution in [3.05, 3.63) is 36.5 Å².